The van der Waals surface area contributed by atoms with Gasteiger partial charge in [-0.2, -0.15) is 0 Å². The van der Waals surface area contributed by atoms with E-state index in [1.165, 1.54) is 6.07 Å². The van der Waals surface area contributed by atoms with Gasteiger partial charge in [-0.05, 0) is 58.6 Å². The van der Waals surface area contributed by atoms with E-state index in [2.05, 4.69) is 15.9 Å². The van der Waals surface area contributed by atoms with Gasteiger partial charge in [0.25, 0.3) is 0 Å². The molecule has 0 spiro atoms. The molecule has 106 valence electrons. The fourth-order valence-corrected chi connectivity index (χ4v) is 2.41. The molecule has 0 aliphatic heterocycles. The van der Waals surface area contributed by atoms with E-state index in [-0.39, 0.29) is 0 Å². The lowest BCUT2D eigenvalue weighted by atomic mass is 9.96. The normalized spacial score (nSPS) is 12.3. The van der Waals surface area contributed by atoms with Crippen molar-refractivity contribution in [2.75, 3.05) is 7.11 Å². The van der Waals surface area contributed by atoms with Crippen molar-refractivity contribution in [3.63, 3.8) is 0 Å². The summed E-state index contributed by atoms with van der Waals surface area (Å²) in [6, 6.07) is 8.33. The van der Waals surface area contributed by atoms with Gasteiger partial charge in [0.2, 0.25) is 0 Å². The summed E-state index contributed by atoms with van der Waals surface area (Å²) >= 11 is 3.10. The molecule has 0 aromatic heterocycles. The molecule has 0 aliphatic carbocycles. The number of aliphatic hydroxyl groups is 1. The molecule has 2 nitrogen and oxygen atoms in total. The lowest BCUT2D eigenvalue weighted by molar-refractivity contribution is 0.214. The summed E-state index contributed by atoms with van der Waals surface area (Å²) in [5, 5.41) is 10.5. The van der Waals surface area contributed by atoms with Gasteiger partial charge in [-0.1, -0.05) is 18.2 Å². The van der Waals surface area contributed by atoms with Crippen LogP contribution in [0, 0.1) is 19.7 Å². The van der Waals surface area contributed by atoms with E-state index in [4.69, 9.17) is 4.74 Å². The molecule has 1 unspecified atom stereocenters. The molecule has 0 bridgehead atoms. The van der Waals surface area contributed by atoms with Crippen molar-refractivity contribution in [2.24, 2.45) is 0 Å². The van der Waals surface area contributed by atoms with E-state index < -0.39 is 11.9 Å². The van der Waals surface area contributed by atoms with Crippen molar-refractivity contribution in [3.8, 4) is 5.75 Å². The lowest BCUT2D eigenvalue weighted by Gasteiger charge is -2.18. The zero-order valence-corrected chi connectivity index (χ0v) is 13.2. The van der Waals surface area contributed by atoms with Gasteiger partial charge >= 0.3 is 0 Å². The first kappa shape index (κ1) is 15.0. The predicted molar refractivity (Wildman–Crippen MR) is 80.6 cm³/mol. The Balaban J connectivity index is 2.50. The summed E-state index contributed by atoms with van der Waals surface area (Å²) in [5.74, 6) is 0.241. The highest BCUT2D eigenvalue weighted by Gasteiger charge is 2.18. The summed E-state index contributed by atoms with van der Waals surface area (Å²) in [4.78, 5) is 0. The monoisotopic (exact) mass is 338 g/mol. The molecule has 0 aliphatic rings. The highest BCUT2D eigenvalue weighted by molar-refractivity contribution is 9.10. The molecule has 0 saturated carbocycles. The maximum absolute atomic E-state index is 13.6. The van der Waals surface area contributed by atoms with E-state index in [9.17, 15) is 9.50 Å². The number of aliphatic hydroxyl groups excluding tert-OH is 1. The van der Waals surface area contributed by atoms with E-state index in [0.29, 0.717) is 21.3 Å². The first-order valence-electron chi connectivity index (χ1n) is 6.22. The largest absolute Gasteiger partial charge is 0.496 e. The fraction of sp³-hybridized carbons (Fsp3) is 0.250. The number of benzene rings is 2. The van der Waals surface area contributed by atoms with Gasteiger partial charge in [-0.3, -0.25) is 0 Å². The van der Waals surface area contributed by atoms with Crippen molar-refractivity contribution in [3.05, 3.63) is 62.9 Å². The van der Waals surface area contributed by atoms with Crippen molar-refractivity contribution in [1.29, 1.82) is 0 Å². The Morgan fingerprint density at radius 2 is 1.90 bits per heavy atom. The molecule has 0 fully saturated rings. The molecular formula is C16H16BrFO2. The number of methoxy groups -OCH3 is 1. The van der Waals surface area contributed by atoms with Crippen molar-refractivity contribution in [1.82, 2.24) is 0 Å². The van der Waals surface area contributed by atoms with Crippen LogP contribution in [0.2, 0.25) is 0 Å². The van der Waals surface area contributed by atoms with Crippen LogP contribution >= 0.6 is 15.9 Å². The van der Waals surface area contributed by atoms with Gasteiger partial charge in [0, 0.05) is 5.56 Å². The number of hydrogen-bond donors (Lipinski definition) is 1. The topological polar surface area (TPSA) is 29.5 Å². The number of halogens is 2. The molecule has 20 heavy (non-hydrogen) atoms. The summed E-state index contributed by atoms with van der Waals surface area (Å²) in [6.45, 7) is 3.92. The highest BCUT2D eigenvalue weighted by Crippen LogP contribution is 2.34. The molecule has 4 heteroatoms. The summed E-state index contributed by atoms with van der Waals surface area (Å²) < 4.78 is 19.4. The second-order valence-electron chi connectivity index (χ2n) is 4.71. The van der Waals surface area contributed by atoms with Crippen LogP contribution in [0.5, 0.6) is 5.75 Å². The van der Waals surface area contributed by atoms with Crippen molar-refractivity contribution < 1.29 is 14.2 Å². The van der Waals surface area contributed by atoms with Crippen LogP contribution in [0.25, 0.3) is 0 Å². The lowest BCUT2D eigenvalue weighted by Crippen LogP contribution is -2.05. The Labute approximate surface area is 126 Å². The summed E-state index contributed by atoms with van der Waals surface area (Å²) in [7, 11) is 1.57. The molecule has 1 atom stereocenters. The minimum atomic E-state index is -0.924. The standard InChI is InChI=1S/C16H16BrFO2/c1-9-4-6-12(16(20-3)10(9)2)15(19)11-5-7-13(17)14(18)8-11/h4-8,15,19H,1-3H3. The predicted octanol–water partition coefficient (Wildman–Crippen LogP) is 4.30. The maximum atomic E-state index is 13.6. The highest BCUT2D eigenvalue weighted by atomic mass is 79.9. The molecule has 0 heterocycles. The van der Waals surface area contributed by atoms with E-state index >= 15 is 0 Å². The number of ether oxygens (including phenoxy) is 1. The van der Waals surface area contributed by atoms with Crippen LogP contribution < -0.4 is 4.74 Å². The van der Waals surface area contributed by atoms with Gasteiger partial charge in [0.15, 0.2) is 0 Å². The molecule has 2 rings (SSSR count). The zero-order chi connectivity index (χ0) is 14.9. The van der Waals surface area contributed by atoms with Gasteiger partial charge in [-0.15, -0.1) is 0 Å². The second-order valence-corrected chi connectivity index (χ2v) is 5.56. The average Bonchev–Trinajstić information content (AvgIpc) is 2.44. The number of aryl methyl sites for hydroxylation is 1. The third-order valence-corrected chi connectivity index (χ3v) is 4.11. The van der Waals surface area contributed by atoms with Gasteiger partial charge in [-0.25, -0.2) is 4.39 Å². The Hall–Kier alpha value is -1.39. The third kappa shape index (κ3) is 2.72. The van der Waals surface area contributed by atoms with Crippen LogP contribution in [0.4, 0.5) is 4.39 Å². The van der Waals surface area contributed by atoms with Crippen LogP contribution in [0.1, 0.15) is 28.4 Å². The molecule has 1 N–H and O–H groups in total. The van der Waals surface area contributed by atoms with Crippen molar-refractivity contribution >= 4 is 15.9 Å². The number of hydrogen-bond acceptors (Lipinski definition) is 2. The quantitative estimate of drug-likeness (QED) is 0.904. The summed E-state index contributed by atoms with van der Waals surface area (Å²) in [5.41, 5.74) is 3.19. The van der Waals surface area contributed by atoms with E-state index in [1.807, 2.05) is 26.0 Å². The first-order chi connectivity index (χ1) is 9.45. The Bertz CT molecular complexity index is 641. The Morgan fingerprint density at radius 1 is 1.20 bits per heavy atom. The molecule has 0 amide bonds. The van der Waals surface area contributed by atoms with Crippen LogP contribution in [-0.2, 0) is 0 Å². The van der Waals surface area contributed by atoms with Crippen LogP contribution in [0.3, 0.4) is 0 Å². The molecule has 2 aromatic rings. The average molecular weight is 339 g/mol. The molecular weight excluding hydrogens is 323 g/mol. The summed E-state index contributed by atoms with van der Waals surface area (Å²) in [6.07, 6.45) is -0.924. The van der Waals surface area contributed by atoms with Gasteiger partial charge < -0.3 is 9.84 Å². The first-order valence-corrected chi connectivity index (χ1v) is 7.02. The van der Waals surface area contributed by atoms with Crippen LogP contribution in [-0.4, -0.2) is 12.2 Å². The fourth-order valence-electron chi connectivity index (χ4n) is 2.16. The third-order valence-electron chi connectivity index (χ3n) is 3.47. The minimum Gasteiger partial charge on any atom is -0.496 e. The van der Waals surface area contributed by atoms with E-state index in [1.54, 1.807) is 19.2 Å². The zero-order valence-electron chi connectivity index (χ0n) is 11.6. The SMILES string of the molecule is COc1c(C(O)c2ccc(Br)c(F)c2)ccc(C)c1C. The smallest absolute Gasteiger partial charge is 0.137 e. The second kappa shape index (κ2) is 5.94. The van der Waals surface area contributed by atoms with Gasteiger partial charge in [0.05, 0.1) is 11.6 Å². The molecule has 0 saturated heterocycles. The minimum absolute atomic E-state index is 0.375. The molecule has 2 aromatic carbocycles. The Kier molecular flexibility index (Phi) is 4.45. The maximum Gasteiger partial charge on any atom is 0.137 e. The van der Waals surface area contributed by atoms with E-state index in [0.717, 1.165) is 11.1 Å². The van der Waals surface area contributed by atoms with Crippen LogP contribution in [0.15, 0.2) is 34.8 Å². The van der Waals surface area contributed by atoms with Gasteiger partial charge in [0.1, 0.15) is 17.7 Å². The molecule has 0 radical (unpaired) electrons. The Morgan fingerprint density at radius 3 is 2.50 bits per heavy atom. The number of rotatable bonds is 3. The van der Waals surface area contributed by atoms with Crippen molar-refractivity contribution in [2.45, 2.75) is 20.0 Å².